The van der Waals surface area contributed by atoms with Crippen LogP contribution in [-0.4, -0.2) is 19.2 Å². The van der Waals surface area contributed by atoms with Crippen molar-refractivity contribution in [3.05, 3.63) is 42.1 Å². The van der Waals surface area contributed by atoms with Gasteiger partial charge in [-0.15, -0.1) is 0 Å². The number of benzene rings is 1. The van der Waals surface area contributed by atoms with Crippen LogP contribution in [0.1, 0.15) is 25.0 Å². The van der Waals surface area contributed by atoms with E-state index in [-0.39, 0.29) is 5.75 Å². The van der Waals surface area contributed by atoms with Gasteiger partial charge in [-0.05, 0) is 37.6 Å². The molecule has 0 amide bonds. The highest BCUT2D eigenvalue weighted by molar-refractivity contribution is 7.91. The van der Waals surface area contributed by atoms with Crippen LogP contribution in [0.2, 0.25) is 0 Å². The third-order valence-electron chi connectivity index (χ3n) is 2.80. The van der Waals surface area contributed by atoms with Crippen molar-refractivity contribution in [2.24, 2.45) is 0 Å². The summed E-state index contributed by atoms with van der Waals surface area (Å²) in [5.74, 6) is 1.54. The van der Waals surface area contributed by atoms with Crippen molar-refractivity contribution < 1.29 is 12.8 Å². The van der Waals surface area contributed by atoms with Crippen LogP contribution in [0, 0.1) is 6.92 Å². The van der Waals surface area contributed by atoms with Crippen LogP contribution in [0.25, 0.3) is 0 Å². The second-order valence-electron chi connectivity index (χ2n) is 4.56. The maximum atomic E-state index is 11.9. The van der Waals surface area contributed by atoms with E-state index in [4.69, 9.17) is 4.42 Å². The lowest BCUT2D eigenvalue weighted by atomic mass is 10.3. The topological polar surface area (TPSA) is 72.2 Å². The van der Waals surface area contributed by atoms with Crippen molar-refractivity contribution in [3.63, 3.8) is 0 Å². The molecule has 1 aromatic heterocycles. The molecule has 0 aliphatic carbocycles. The van der Waals surface area contributed by atoms with Crippen molar-refractivity contribution >= 4 is 15.5 Å². The van der Waals surface area contributed by atoms with Crippen LogP contribution >= 0.6 is 0 Å². The van der Waals surface area contributed by atoms with E-state index in [0.29, 0.717) is 23.8 Å². The molecule has 2 rings (SSSR count). The summed E-state index contributed by atoms with van der Waals surface area (Å²) in [6, 6.07) is 6.74. The molecule has 1 aromatic carbocycles. The number of anilines is 1. The highest BCUT2D eigenvalue weighted by Gasteiger charge is 2.12. The molecule has 6 heteroatoms. The first-order valence-electron chi connectivity index (χ1n) is 6.49. The normalized spacial score (nSPS) is 11.5. The standard InChI is InChI=1S/C14H18N2O3S/c1-3-8-20(17,18)13-6-4-12(5-7-13)15-10-14-16-9-11(2)19-14/h4-7,9,15H,3,8,10H2,1-2H3. The Kier molecular flexibility index (Phi) is 4.44. The van der Waals surface area contributed by atoms with Crippen LogP contribution in [-0.2, 0) is 16.4 Å². The van der Waals surface area contributed by atoms with E-state index in [0.717, 1.165) is 11.4 Å². The van der Waals surface area contributed by atoms with E-state index < -0.39 is 9.84 Å². The van der Waals surface area contributed by atoms with Crippen LogP contribution in [0.15, 0.2) is 39.8 Å². The number of hydrogen-bond acceptors (Lipinski definition) is 5. The Hall–Kier alpha value is -1.82. The Balaban J connectivity index is 2.01. The molecule has 20 heavy (non-hydrogen) atoms. The van der Waals surface area contributed by atoms with Gasteiger partial charge < -0.3 is 9.73 Å². The zero-order chi connectivity index (χ0) is 14.6. The van der Waals surface area contributed by atoms with Crippen molar-refractivity contribution in [3.8, 4) is 0 Å². The number of hydrogen-bond donors (Lipinski definition) is 1. The predicted octanol–water partition coefficient (Wildman–Crippen LogP) is 2.78. The molecule has 0 bridgehead atoms. The Morgan fingerprint density at radius 1 is 1.25 bits per heavy atom. The minimum absolute atomic E-state index is 0.176. The molecule has 1 heterocycles. The molecule has 0 aliphatic heterocycles. The average Bonchev–Trinajstić information content (AvgIpc) is 2.83. The summed E-state index contributed by atoms with van der Waals surface area (Å²) in [6.45, 7) is 4.16. The molecular weight excluding hydrogens is 276 g/mol. The molecule has 0 saturated heterocycles. The summed E-state index contributed by atoms with van der Waals surface area (Å²) in [7, 11) is -3.15. The molecular formula is C14H18N2O3S. The SMILES string of the molecule is CCCS(=O)(=O)c1ccc(NCc2ncc(C)o2)cc1. The highest BCUT2D eigenvalue weighted by Crippen LogP contribution is 2.16. The first-order chi connectivity index (χ1) is 9.51. The van der Waals surface area contributed by atoms with Crippen LogP contribution in [0.5, 0.6) is 0 Å². The average molecular weight is 294 g/mol. The van der Waals surface area contributed by atoms with Gasteiger partial charge in [0.25, 0.3) is 0 Å². The first kappa shape index (κ1) is 14.6. The van der Waals surface area contributed by atoms with Gasteiger partial charge in [0.05, 0.1) is 23.4 Å². The van der Waals surface area contributed by atoms with Crippen molar-refractivity contribution in [2.45, 2.75) is 31.7 Å². The van der Waals surface area contributed by atoms with Crippen LogP contribution in [0.3, 0.4) is 0 Å². The van der Waals surface area contributed by atoms with E-state index in [1.807, 2.05) is 13.8 Å². The van der Waals surface area contributed by atoms with Gasteiger partial charge in [-0.1, -0.05) is 6.92 Å². The number of aryl methyl sites for hydroxylation is 1. The summed E-state index contributed by atoms with van der Waals surface area (Å²) < 4.78 is 29.1. The lowest BCUT2D eigenvalue weighted by Crippen LogP contribution is -2.06. The summed E-state index contributed by atoms with van der Waals surface area (Å²) in [5.41, 5.74) is 0.830. The Labute approximate surface area is 119 Å². The van der Waals surface area contributed by atoms with Crippen molar-refractivity contribution in [2.75, 3.05) is 11.1 Å². The molecule has 0 unspecified atom stereocenters. The second-order valence-corrected chi connectivity index (χ2v) is 6.67. The summed E-state index contributed by atoms with van der Waals surface area (Å²) in [4.78, 5) is 4.45. The highest BCUT2D eigenvalue weighted by atomic mass is 32.2. The molecule has 0 fully saturated rings. The fourth-order valence-corrected chi connectivity index (χ4v) is 3.15. The number of nitrogens with zero attached hydrogens (tertiary/aromatic N) is 1. The molecule has 108 valence electrons. The largest absolute Gasteiger partial charge is 0.444 e. The molecule has 0 spiro atoms. The minimum atomic E-state index is -3.15. The van der Waals surface area contributed by atoms with E-state index >= 15 is 0 Å². The predicted molar refractivity (Wildman–Crippen MR) is 77.4 cm³/mol. The smallest absolute Gasteiger partial charge is 0.213 e. The van der Waals surface area contributed by atoms with Gasteiger partial charge in [-0.3, -0.25) is 0 Å². The van der Waals surface area contributed by atoms with Gasteiger partial charge >= 0.3 is 0 Å². The number of oxazole rings is 1. The second kappa shape index (κ2) is 6.09. The minimum Gasteiger partial charge on any atom is -0.444 e. The molecule has 2 aromatic rings. The first-order valence-corrected chi connectivity index (χ1v) is 8.14. The van der Waals surface area contributed by atoms with Gasteiger partial charge in [0.2, 0.25) is 5.89 Å². The Bertz CT molecular complexity index is 660. The van der Waals surface area contributed by atoms with E-state index in [9.17, 15) is 8.42 Å². The maximum Gasteiger partial charge on any atom is 0.213 e. The van der Waals surface area contributed by atoms with Crippen molar-refractivity contribution in [1.82, 2.24) is 4.98 Å². The Morgan fingerprint density at radius 2 is 1.95 bits per heavy atom. The number of nitrogens with one attached hydrogen (secondary N) is 1. The number of rotatable bonds is 6. The lowest BCUT2D eigenvalue weighted by molar-refractivity contribution is 0.479. The van der Waals surface area contributed by atoms with Crippen LogP contribution < -0.4 is 5.32 Å². The quantitative estimate of drug-likeness (QED) is 0.887. The third kappa shape index (κ3) is 3.60. The lowest BCUT2D eigenvalue weighted by Gasteiger charge is -2.06. The van der Waals surface area contributed by atoms with Crippen molar-refractivity contribution in [1.29, 1.82) is 0 Å². The van der Waals surface area contributed by atoms with Gasteiger partial charge in [-0.25, -0.2) is 13.4 Å². The monoisotopic (exact) mass is 294 g/mol. The zero-order valence-electron chi connectivity index (χ0n) is 11.6. The molecule has 0 aliphatic rings. The number of aromatic nitrogens is 1. The van der Waals surface area contributed by atoms with Gasteiger partial charge in [0, 0.05) is 5.69 Å². The van der Waals surface area contributed by atoms with Crippen LogP contribution in [0.4, 0.5) is 5.69 Å². The molecule has 0 saturated carbocycles. The number of sulfone groups is 1. The maximum absolute atomic E-state index is 11.9. The van der Waals surface area contributed by atoms with E-state index in [2.05, 4.69) is 10.3 Å². The molecule has 0 atom stereocenters. The molecule has 0 radical (unpaired) electrons. The van der Waals surface area contributed by atoms with E-state index in [1.54, 1.807) is 30.5 Å². The van der Waals surface area contributed by atoms with Gasteiger partial charge in [0.15, 0.2) is 9.84 Å². The summed E-state index contributed by atoms with van der Waals surface area (Å²) in [5, 5.41) is 3.13. The third-order valence-corrected chi connectivity index (χ3v) is 4.74. The summed E-state index contributed by atoms with van der Waals surface area (Å²) >= 11 is 0. The molecule has 5 nitrogen and oxygen atoms in total. The summed E-state index contributed by atoms with van der Waals surface area (Å²) in [6.07, 6.45) is 2.28. The fraction of sp³-hybridized carbons (Fsp3) is 0.357. The molecule has 1 N–H and O–H groups in total. The zero-order valence-corrected chi connectivity index (χ0v) is 12.4. The van der Waals surface area contributed by atoms with Gasteiger partial charge in [-0.2, -0.15) is 0 Å². The van der Waals surface area contributed by atoms with Gasteiger partial charge in [0.1, 0.15) is 5.76 Å². The Morgan fingerprint density at radius 3 is 2.50 bits per heavy atom. The fourth-order valence-electron chi connectivity index (χ4n) is 1.83. The van der Waals surface area contributed by atoms with E-state index in [1.165, 1.54) is 0 Å².